The summed E-state index contributed by atoms with van der Waals surface area (Å²) >= 11 is 0. The van der Waals surface area contributed by atoms with Crippen molar-refractivity contribution in [2.75, 3.05) is 19.0 Å². The topological polar surface area (TPSA) is 122 Å². The number of fused-ring (bicyclic) bond motifs is 1. The van der Waals surface area contributed by atoms with Crippen LogP contribution in [0.5, 0.6) is 5.75 Å². The third-order valence-corrected chi connectivity index (χ3v) is 6.64. The molecule has 0 bridgehead atoms. The molecule has 0 aliphatic heterocycles. The Bertz CT molecular complexity index is 1570. The van der Waals surface area contributed by atoms with E-state index in [1.54, 1.807) is 24.3 Å². The maximum Gasteiger partial charge on any atom is 0.338 e. The van der Waals surface area contributed by atoms with Crippen LogP contribution in [-0.4, -0.2) is 35.9 Å². The first kappa shape index (κ1) is 22.4. The summed E-state index contributed by atoms with van der Waals surface area (Å²) in [6.07, 6.45) is 1.95. The predicted molar refractivity (Wildman–Crippen MR) is 137 cm³/mol. The van der Waals surface area contributed by atoms with Crippen molar-refractivity contribution >= 4 is 45.3 Å². The number of amides is 2. The lowest BCUT2D eigenvalue weighted by Crippen LogP contribution is -2.19. The second kappa shape index (κ2) is 8.45. The number of esters is 1. The molecular weight excluding hydrogens is 444 g/mol. The summed E-state index contributed by atoms with van der Waals surface area (Å²) in [5, 5.41) is 26.5. The van der Waals surface area contributed by atoms with Crippen molar-refractivity contribution in [1.82, 2.24) is 0 Å². The molecule has 1 unspecified atom stereocenters. The summed E-state index contributed by atoms with van der Waals surface area (Å²) in [6, 6.07) is 15.8. The van der Waals surface area contributed by atoms with Gasteiger partial charge in [-0.2, -0.15) is 0 Å². The van der Waals surface area contributed by atoms with Gasteiger partial charge in [-0.1, -0.05) is 25.1 Å². The summed E-state index contributed by atoms with van der Waals surface area (Å²) in [5.41, 5.74) is 10.1. The van der Waals surface area contributed by atoms with Gasteiger partial charge in [-0.25, -0.2) is 9.59 Å². The molecular formula is C28H24N2O5. The van der Waals surface area contributed by atoms with Crippen molar-refractivity contribution < 1.29 is 24.5 Å². The van der Waals surface area contributed by atoms with Gasteiger partial charge < -0.3 is 26.0 Å². The lowest BCUT2D eigenvalue weighted by molar-refractivity contribution is 0.0601. The second-order valence-corrected chi connectivity index (χ2v) is 8.70. The van der Waals surface area contributed by atoms with Crippen LogP contribution in [0.3, 0.4) is 0 Å². The molecule has 0 heterocycles. The number of rotatable bonds is 4. The summed E-state index contributed by atoms with van der Waals surface area (Å²) in [4.78, 5) is 24.0. The maximum atomic E-state index is 12.8. The van der Waals surface area contributed by atoms with Gasteiger partial charge >= 0.3 is 12.0 Å². The molecule has 1 atom stereocenters. The van der Waals surface area contributed by atoms with E-state index in [9.17, 15) is 19.8 Å². The van der Waals surface area contributed by atoms with Crippen molar-refractivity contribution in [2.45, 2.75) is 12.8 Å². The third kappa shape index (κ3) is 3.76. The average Bonchev–Trinajstić information content (AvgIpc) is 2.84. The molecule has 7 heteroatoms. The number of carbonyl (C=O) groups excluding carboxylic acids is 2. The molecule has 2 amide bonds. The van der Waals surface area contributed by atoms with Crippen LogP contribution in [0.1, 0.15) is 34.3 Å². The SMILES string of the molecule is COC(=O)c1cc2cc(NC(N)=O)ccc2cc1-c1cc2c3c(c(O)ccc3c1)C(C)C(CO)=C2. The maximum absolute atomic E-state index is 12.8. The van der Waals surface area contributed by atoms with E-state index in [2.05, 4.69) is 5.32 Å². The Morgan fingerprint density at radius 2 is 1.80 bits per heavy atom. The van der Waals surface area contributed by atoms with Gasteiger partial charge in [0.2, 0.25) is 0 Å². The molecule has 5 rings (SSSR count). The molecule has 0 aromatic heterocycles. The highest BCUT2D eigenvalue weighted by Gasteiger charge is 2.25. The molecule has 7 nitrogen and oxygen atoms in total. The number of aliphatic hydroxyl groups excluding tert-OH is 1. The minimum Gasteiger partial charge on any atom is -0.508 e. The zero-order valence-corrected chi connectivity index (χ0v) is 19.3. The molecule has 0 saturated carbocycles. The highest BCUT2D eigenvalue weighted by atomic mass is 16.5. The van der Waals surface area contributed by atoms with Crippen LogP contribution in [0, 0.1) is 0 Å². The molecule has 176 valence electrons. The summed E-state index contributed by atoms with van der Waals surface area (Å²) in [5.74, 6) is -0.411. The van der Waals surface area contributed by atoms with E-state index in [0.29, 0.717) is 16.8 Å². The summed E-state index contributed by atoms with van der Waals surface area (Å²) in [6.45, 7) is 1.85. The van der Waals surface area contributed by atoms with Gasteiger partial charge in [0.25, 0.3) is 0 Å². The number of phenolic OH excluding ortho intramolecular Hbond substituents is 1. The van der Waals surface area contributed by atoms with E-state index < -0.39 is 12.0 Å². The van der Waals surface area contributed by atoms with Crippen LogP contribution in [0.2, 0.25) is 0 Å². The van der Waals surface area contributed by atoms with Gasteiger partial charge in [0.1, 0.15) is 5.75 Å². The van der Waals surface area contributed by atoms with Gasteiger partial charge in [-0.05, 0) is 86.3 Å². The first-order valence-electron chi connectivity index (χ1n) is 11.1. The monoisotopic (exact) mass is 468 g/mol. The number of aliphatic hydroxyl groups is 1. The van der Waals surface area contributed by atoms with Gasteiger partial charge in [-0.3, -0.25) is 0 Å². The number of ether oxygens (including phenoxy) is 1. The first-order chi connectivity index (χ1) is 16.8. The number of urea groups is 1. The lowest BCUT2D eigenvalue weighted by Gasteiger charge is -2.25. The number of hydrogen-bond donors (Lipinski definition) is 4. The van der Waals surface area contributed by atoms with Gasteiger partial charge in [0, 0.05) is 17.2 Å². The minimum absolute atomic E-state index is 0.114. The number of phenols is 1. The van der Waals surface area contributed by atoms with Crippen LogP contribution in [0.25, 0.3) is 38.7 Å². The Hall–Kier alpha value is -4.36. The van der Waals surface area contributed by atoms with Crippen molar-refractivity contribution in [1.29, 1.82) is 0 Å². The predicted octanol–water partition coefficient (Wildman–Crippen LogP) is 5.14. The number of anilines is 1. The molecule has 0 spiro atoms. The Kier molecular flexibility index (Phi) is 5.42. The Balaban J connectivity index is 1.77. The molecule has 1 aliphatic carbocycles. The van der Waals surface area contributed by atoms with E-state index in [1.165, 1.54) is 7.11 Å². The van der Waals surface area contributed by atoms with Crippen LogP contribution < -0.4 is 11.1 Å². The van der Waals surface area contributed by atoms with E-state index in [-0.39, 0.29) is 18.3 Å². The van der Waals surface area contributed by atoms with Crippen molar-refractivity contribution in [3.05, 3.63) is 76.9 Å². The molecule has 4 aromatic carbocycles. The molecule has 4 aromatic rings. The number of methoxy groups -OCH3 is 1. The van der Waals surface area contributed by atoms with Crippen LogP contribution in [-0.2, 0) is 4.74 Å². The molecule has 1 aliphatic rings. The lowest BCUT2D eigenvalue weighted by atomic mass is 9.80. The standard InChI is InChI=1S/C28H24N2O5/c1-14-20(13-31)9-19-8-18(7-16-4-6-24(32)25(14)26(16)19)22-11-15-3-5-21(30-28(29)34)10-17(15)12-23(22)27(33)35-2/h3-12,14,31-32H,13H2,1-2H3,(H3,29,30,34). The van der Waals surface area contributed by atoms with Gasteiger partial charge in [-0.15, -0.1) is 0 Å². The fraction of sp³-hybridized carbons (Fsp3) is 0.143. The fourth-order valence-corrected chi connectivity index (χ4v) is 4.95. The number of nitrogens with one attached hydrogen (secondary N) is 1. The van der Waals surface area contributed by atoms with Crippen LogP contribution >= 0.6 is 0 Å². The largest absolute Gasteiger partial charge is 0.508 e. The summed E-state index contributed by atoms with van der Waals surface area (Å²) in [7, 11) is 1.33. The highest BCUT2D eigenvalue weighted by Crippen LogP contribution is 2.45. The smallest absolute Gasteiger partial charge is 0.338 e. The quantitative estimate of drug-likeness (QED) is 0.309. The molecule has 0 radical (unpaired) electrons. The number of primary amides is 1. The number of hydrogen-bond acceptors (Lipinski definition) is 5. The molecule has 0 saturated heterocycles. The van der Waals surface area contributed by atoms with E-state index >= 15 is 0 Å². The van der Waals surface area contributed by atoms with Crippen LogP contribution in [0.4, 0.5) is 10.5 Å². The van der Waals surface area contributed by atoms with E-state index in [1.807, 2.05) is 43.3 Å². The third-order valence-electron chi connectivity index (χ3n) is 6.64. The van der Waals surface area contributed by atoms with Crippen molar-refractivity contribution in [3.8, 4) is 16.9 Å². The average molecular weight is 469 g/mol. The molecule has 35 heavy (non-hydrogen) atoms. The first-order valence-corrected chi connectivity index (χ1v) is 11.1. The minimum atomic E-state index is -0.672. The van der Waals surface area contributed by atoms with Crippen molar-refractivity contribution in [2.24, 2.45) is 5.73 Å². The molecule has 0 fully saturated rings. The van der Waals surface area contributed by atoms with Crippen LogP contribution in [0.15, 0.2) is 60.2 Å². The second-order valence-electron chi connectivity index (χ2n) is 8.70. The summed E-state index contributed by atoms with van der Waals surface area (Å²) < 4.78 is 5.07. The number of benzene rings is 4. The van der Waals surface area contributed by atoms with Crippen molar-refractivity contribution in [3.63, 3.8) is 0 Å². The number of carbonyl (C=O) groups is 2. The molecule has 5 N–H and O–H groups in total. The number of aromatic hydroxyl groups is 1. The number of nitrogens with two attached hydrogens (primary N) is 1. The van der Waals surface area contributed by atoms with E-state index in [4.69, 9.17) is 10.5 Å². The highest BCUT2D eigenvalue weighted by molar-refractivity contribution is 6.07. The van der Waals surface area contributed by atoms with E-state index in [0.717, 1.165) is 43.8 Å². The zero-order valence-electron chi connectivity index (χ0n) is 19.3. The Morgan fingerprint density at radius 1 is 1.03 bits per heavy atom. The zero-order chi connectivity index (χ0) is 24.9. The Morgan fingerprint density at radius 3 is 2.51 bits per heavy atom. The van der Waals surface area contributed by atoms with Gasteiger partial charge in [0.15, 0.2) is 0 Å². The Labute approximate surface area is 201 Å². The fourth-order valence-electron chi connectivity index (χ4n) is 4.95. The normalized spacial score (nSPS) is 14.6. The van der Waals surface area contributed by atoms with Gasteiger partial charge in [0.05, 0.1) is 19.3 Å².